The zero-order valence-corrected chi connectivity index (χ0v) is 9.65. The van der Waals surface area contributed by atoms with Gasteiger partial charge in [0.25, 0.3) is 0 Å². The van der Waals surface area contributed by atoms with Gasteiger partial charge in [0.05, 0.1) is 6.10 Å². The molecule has 0 radical (unpaired) electrons. The third kappa shape index (κ3) is 2.48. The zero-order chi connectivity index (χ0) is 11.4. The molecule has 2 rings (SSSR count). The van der Waals surface area contributed by atoms with Gasteiger partial charge in [-0.15, -0.1) is 12.3 Å². The first kappa shape index (κ1) is 11.3. The van der Waals surface area contributed by atoms with E-state index >= 15 is 0 Å². The van der Waals surface area contributed by atoms with Gasteiger partial charge in [-0.25, -0.2) is 0 Å². The maximum atomic E-state index is 9.98. The standard InChI is InChI=1S/C14H19NO/c1-2-3-6-9-15-10-12-7-4-5-8-14(16)13(12)11-15/h1,10-11,14,16H,3-9H2. The first-order valence-electron chi connectivity index (χ1n) is 6.11. The fraction of sp³-hybridized carbons (Fsp3) is 0.571. The molecular weight excluding hydrogens is 198 g/mol. The van der Waals surface area contributed by atoms with Crippen molar-refractivity contribution in [1.82, 2.24) is 4.57 Å². The Bertz CT molecular complexity index is 386. The summed E-state index contributed by atoms with van der Waals surface area (Å²) in [5.41, 5.74) is 2.46. The molecule has 0 bridgehead atoms. The van der Waals surface area contributed by atoms with Gasteiger partial charge in [-0.3, -0.25) is 0 Å². The monoisotopic (exact) mass is 217 g/mol. The number of aliphatic hydroxyl groups excluding tert-OH is 1. The average molecular weight is 217 g/mol. The summed E-state index contributed by atoms with van der Waals surface area (Å²) in [4.78, 5) is 0. The second-order valence-corrected chi connectivity index (χ2v) is 4.55. The Morgan fingerprint density at radius 3 is 3.12 bits per heavy atom. The van der Waals surface area contributed by atoms with Gasteiger partial charge >= 0.3 is 0 Å². The molecule has 1 atom stereocenters. The maximum absolute atomic E-state index is 9.98. The zero-order valence-electron chi connectivity index (χ0n) is 9.65. The lowest BCUT2D eigenvalue weighted by Crippen LogP contribution is -1.96. The highest BCUT2D eigenvalue weighted by Crippen LogP contribution is 2.29. The second kappa shape index (κ2) is 5.23. The fourth-order valence-electron chi connectivity index (χ4n) is 2.38. The van der Waals surface area contributed by atoms with Gasteiger partial charge < -0.3 is 9.67 Å². The van der Waals surface area contributed by atoms with Crippen LogP contribution in [-0.2, 0) is 13.0 Å². The van der Waals surface area contributed by atoms with E-state index in [1.807, 2.05) is 0 Å². The lowest BCUT2D eigenvalue weighted by atomic mass is 10.1. The molecule has 0 amide bonds. The molecule has 0 saturated heterocycles. The van der Waals surface area contributed by atoms with Gasteiger partial charge in [-0.2, -0.15) is 0 Å². The minimum atomic E-state index is -0.258. The van der Waals surface area contributed by atoms with Crippen LogP contribution in [0.25, 0.3) is 0 Å². The van der Waals surface area contributed by atoms with E-state index < -0.39 is 0 Å². The average Bonchev–Trinajstić information content (AvgIpc) is 2.61. The molecule has 1 heterocycles. The molecule has 0 spiro atoms. The van der Waals surface area contributed by atoms with E-state index in [0.717, 1.165) is 44.2 Å². The van der Waals surface area contributed by atoms with Crippen molar-refractivity contribution in [3.8, 4) is 12.3 Å². The van der Waals surface area contributed by atoms with Crippen molar-refractivity contribution >= 4 is 0 Å². The van der Waals surface area contributed by atoms with Crippen LogP contribution in [0, 0.1) is 12.3 Å². The van der Waals surface area contributed by atoms with Gasteiger partial charge in [0, 0.05) is 30.9 Å². The van der Waals surface area contributed by atoms with Gasteiger partial charge in [-0.05, 0) is 31.2 Å². The molecule has 0 saturated carbocycles. The summed E-state index contributed by atoms with van der Waals surface area (Å²) in [7, 11) is 0. The van der Waals surface area contributed by atoms with Crippen LogP contribution >= 0.6 is 0 Å². The SMILES string of the molecule is C#CCCCn1cc2c(c1)C(O)CCCC2. The second-order valence-electron chi connectivity index (χ2n) is 4.55. The van der Waals surface area contributed by atoms with Crippen molar-refractivity contribution in [2.45, 2.75) is 51.2 Å². The third-order valence-corrected chi connectivity index (χ3v) is 3.27. The van der Waals surface area contributed by atoms with Crippen LogP contribution in [0.3, 0.4) is 0 Å². The Balaban J connectivity index is 2.07. The Kier molecular flexibility index (Phi) is 3.69. The van der Waals surface area contributed by atoms with E-state index in [-0.39, 0.29) is 6.10 Å². The van der Waals surface area contributed by atoms with Crippen molar-refractivity contribution in [2.75, 3.05) is 0 Å². The molecule has 1 aliphatic carbocycles. The smallest absolute Gasteiger partial charge is 0.0807 e. The van der Waals surface area contributed by atoms with Crippen LogP contribution in [0.4, 0.5) is 0 Å². The molecule has 86 valence electrons. The first-order valence-corrected chi connectivity index (χ1v) is 6.11. The Hall–Kier alpha value is -1.20. The number of rotatable bonds is 3. The number of fused-ring (bicyclic) bond motifs is 1. The number of terminal acetylenes is 1. The molecule has 0 fully saturated rings. The Morgan fingerprint density at radius 1 is 1.44 bits per heavy atom. The predicted octanol–water partition coefficient (Wildman–Crippen LogP) is 2.66. The summed E-state index contributed by atoms with van der Waals surface area (Å²) in [6.45, 7) is 0.962. The summed E-state index contributed by atoms with van der Waals surface area (Å²) in [6.07, 6.45) is 15.4. The van der Waals surface area contributed by atoms with Crippen LogP contribution in [0.15, 0.2) is 12.4 Å². The number of aromatic nitrogens is 1. The van der Waals surface area contributed by atoms with Gasteiger partial charge in [0.15, 0.2) is 0 Å². The molecule has 1 aromatic rings. The molecule has 1 aliphatic rings. The van der Waals surface area contributed by atoms with E-state index in [4.69, 9.17) is 6.42 Å². The van der Waals surface area contributed by atoms with Crippen LogP contribution in [-0.4, -0.2) is 9.67 Å². The van der Waals surface area contributed by atoms with Gasteiger partial charge in [0.1, 0.15) is 0 Å². The number of unbranched alkanes of at least 4 members (excludes halogenated alkanes) is 1. The van der Waals surface area contributed by atoms with Crippen molar-refractivity contribution in [3.05, 3.63) is 23.5 Å². The molecule has 0 aromatic carbocycles. The lowest BCUT2D eigenvalue weighted by Gasteiger charge is -2.06. The van der Waals surface area contributed by atoms with Crippen LogP contribution < -0.4 is 0 Å². The molecule has 1 unspecified atom stereocenters. The van der Waals surface area contributed by atoms with E-state index in [9.17, 15) is 5.11 Å². The number of nitrogens with zero attached hydrogens (tertiary/aromatic N) is 1. The molecule has 1 N–H and O–H groups in total. The van der Waals surface area contributed by atoms with Gasteiger partial charge in [0.2, 0.25) is 0 Å². The van der Waals surface area contributed by atoms with Crippen molar-refractivity contribution in [3.63, 3.8) is 0 Å². The summed E-state index contributed by atoms with van der Waals surface area (Å²) in [5.74, 6) is 2.66. The summed E-state index contributed by atoms with van der Waals surface area (Å²) in [5, 5.41) is 9.98. The quantitative estimate of drug-likeness (QED) is 0.470. The fourth-order valence-corrected chi connectivity index (χ4v) is 2.38. The van der Waals surface area contributed by atoms with E-state index in [2.05, 4.69) is 22.9 Å². The highest BCUT2D eigenvalue weighted by molar-refractivity contribution is 5.27. The maximum Gasteiger partial charge on any atom is 0.0807 e. The number of hydrogen-bond donors (Lipinski definition) is 1. The Morgan fingerprint density at radius 2 is 2.31 bits per heavy atom. The molecule has 0 aliphatic heterocycles. The highest BCUT2D eigenvalue weighted by atomic mass is 16.3. The van der Waals surface area contributed by atoms with Crippen LogP contribution in [0.1, 0.15) is 49.3 Å². The third-order valence-electron chi connectivity index (χ3n) is 3.27. The summed E-state index contributed by atoms with van der Waals surface area (Å²) in [6, 6.07) is 0. The van der Waals surface area contributed by atoms with Crippen molar-refractivity contribution < 1.29 is 5.11 Å². The minimum absolute atomic E-state index is 0.258. The Labute approximate surface area is 97.3 Å². The molecular formula is C14H19NO. The largest absolute Gasteiger partial charge is 0.388 e. The first-order chi connectivity index (χ1) is 7.81. The predicted molar refractivity (Wildman–Crippen MR) is 65.0 cm³/mol. The lowest BCUT2D eigenvalue weighted by molar-refractivity contribution is 0.166. The number of aliphatic hydroxyl groups is 1. The van der Waals surface area contributed by atoms with E-state index in [1.165, 1.54) is 12.0 Å². The van der Waals surface area contributed by atoms with Crippen LogP contribution in [0.5, 0.6) is 0 Å². The highest BCUT2D eigenvalue weighted by Gasteiger charge is 2.17. The molecule has 2 nitrogen and oxygen atoms in total. The topological polar surface area (TPSA) is 25.2 Å². The normalized spacial score (nSPS) is 19.9. The van der Waals surface area contributed by atoms with Crippen LogP contribution in [0.2, 0.25) is 0 Å². The minimum Gasteiger partial charge on any atom is -0.388 e. The van der Waals surface area contributed by atoms with Gasteiger partial charge in [-0.1, -0.05) is 6.42 Å². The van der Waals surface area contributed by atoms with Crippen molar-refractivity contribution in [2.24, 2.45) is 0 Å². The molecule has 2 heteroatoms. The summed E-state index contributed by atoms with van der Waals surface area (Å²) >= 11 is 0. The number of hydrogen-bond acceptors (Lipinski definition) is 1. The summed E-state index contributed by atoms with van der Waals surface area (Å²) < 4.78 is 2.18. The number of aryl methyl sites for hydroxylation is 2. The van der Waals surface area contributed by atoms with Crippen molar-refractivity contribution in [1.29, 1.82) is 0 Å². The molecule has 1 aromatic heterocycles. The molecule has 16 heavy (non-hydrogen) atoms. The van der Waals surface area contributed by atoms with E-state index in [0.29, 0.717) is 0 Å². The van der Waals surface area contributed by atoms with E-state index in [1.54, 1.807) is 0 Å².